The zero-order valence-corrected chi connectivity index (χ0v) is 15.4. The van der Waals surface area contributed by atoms with Crippen LogP contribution in [-0.2, 0) is 17.8 Å². The van der Waals surface area contributed by atoms with Crippen molar-refractivity contribution in [3.8, 4) is 11.5 Å². The molecule has 1 atom stereocenters. The predicted molar refractivity (Wildman–Crippen MR) is 99.5 cm³/mol. The van der Waals surface area contributed by atoms with Crippen LogP contribution in [0.5, 0.6) is 11.5 Å². The molecule has 2 rings (SSSR count). The summed E-state index contributed by atoms with van der Waals surface area (Å²) >= 11 is 0. The highest BCUT2D eigenvalue weighted by atomic mass is 16.5. The van der Waals surface area contributed by atoms with Gasteiger partial charge in [-0.1, -0.05) is 31.2 Å². The number of carbonyl (C=O) groups excluding carboxylic acids is 1. The predicted octanol–water partition coefficient (Wildman–Crippen LogP) is 1.92. The first-order valence-corrected chi connectivity index (χ1v) is 8.46. The number of carbonyl (C=O) groups is 1. The molecule has 2 aromatic rings. The van der Waals surface area contributed by atoms with Gasteiger partial charge in [-0.3, -0.25) is 4.79 Å². The summed E-state index contributed by atoms with van der Waals surface area (Å²) in [7, 11) is 5.18. The lowest BCUT2D eigenvalue weighted by molar-refractivity contribution is -0.885. The Hall–Kier alpha value is -2.53. The summed E-state index contributed by atoms with van der Waals surface area (Å²) in [6.45, 7) is 3.33. The number of nitrogens with one attached hydrogen (secondary N) is 2. The lowest BCUT2D eigenvalue weighted by atomic mass is 10.1. The molecule has 1 amide bonds. The average Bonchev–Trinajstić information content (AvgIpc) is 2.62. The van der Waals surface area contributed by atoms with E-state index in [4.69, 9.17) is 9.47 Å². The minimum absolute atomic E-state index is 0.0499. The Morgan fingerprint density at radius 3 is 2.32 bits per heavy atom. The Balaban J connectivity index is 1.92. The molecule has 134 valence electrons. The second-order valence-corrected chi connectivity index (χ2v) is 6.10. The van der Waals surface area contributed by atoms with Gasteiger partial charge in [0.05, 0.1) is 27.0 Å². The summed E-state index contributed by atoms with van der Waals surface area (Å²) in [6.07, 6.45) is 1.04. The second-order valence-electron chi connectivity index (χ2n) is 6.10. The van der Waals surface area contributed by atoms with E-state index in [1.807, 2.05) is 7.05 Å². The first-order valence-electron chi connectivity index (χ1n) is 8.46. The van der Waals surface area contributed by atoms with E-state index in [2.05, 4.69) is 36.5 Å². The number of quaternary nitrogens is 1. The summed E-state index contributed by atoms with van der Waals surface area (Å²) in [5.41, 5.74) is 3.20. The van der Waals surface area contributed by atoms with Crippen molar-refractivity contribution in [2.45, 2.75) is 19.9 Å². The smallest absolute Gasteiger partial charge is 0.279 e. The zero-order chi connectivity index (χ0) is 18.2. The van der Waals surface area contributed by atoms with Crippen molar-refractivity contribution in [2.75, 3.05) is 33.1 Å². The summed E-state index contributed by atoms with van der Waals surface area (Å²) in [6, 6.07) is 13.9. The van der Waals surface area contributed by atoms with Crippen LogP contribution in [0.3, 0.4) is 0 Å². The fourth-order valence-corrected chi connectivity index (χ4v) is 2.67. The molecular formula is C20H27N2O3+. The summed E-state index contributed by atoms with van der Waals surface area (Å²) in [5, 5.41) is 2.91. The molecule has 0 bridgehead atoms. The molecule has 0 fully saturated rings. The average molecular weight is 343 g/mol. The summed E-state index contributed by atoms with van der Waals surface area (Å²) < 4.78 is 10.5. The molecule has 0 saturated carbocycles. The fourth-order valence-electron chi connectivity index (χ4n) is 2.67. The number of amides is 1. The van der Waals surface area contributed by atoms with E-state index in [0.717, 1.165) is 17.9 Å². The van der Waals surface area contributed by atoms with Gasteiger partial charge in [0, 0.05) is 11.6 Å². The summed E-state index contributed by atoms with van der Waals surface area (Å²) in [4.78, 5) is 13.4. The van der Waals surface area contributed by atoms with Gasteiger partial charge in [0.25, 0.3) is 5.91 Å². The topological polar surface area (TPSA) is 52.0 Å². The van der Waals surface area contributed by atoms with Crippen molar-refractivity contribution in [2.24, 2.45) is 0 Å². The zero-order valence-electron chi connectivity index (χ0n) is 15.4. The van der Waals surface area contributed by atoms with Crippen LogP contribution in [0.15, 0.2) is 42.5 Å². The van der Waals surface area contributed by atoms with E-state index >= 15 is 0 Å². The van der Waals surface area contributed by atoms with Crippen LogP contribution in [0, 0.1) is 0 Å². The number of likely N-dealkylation sites (N-methyl/N-ethyl adjacent to an activating group) is 1. The molecule has 2 N–H and O–H groups in total. The Morgan fingerprint density at radius 1 is 1.04 bits per heavy atom. The molecule has 25 heavy (non-hydrogen) atoms. The molecule has 0 aromatic heterocycles. The SMILES string of the molecule is CCc1ccc(C[NH+](C)CC(=O)Nc2ccc(OC)cc2OC)cc1. The number of methoxy groups -OCH3 is 2. The van der Waals surface area contributed by atoms with E-state index in [1.165, 1.54) is 11.1 Å². The molecule has 0 saturated heterocycles. The Labute approximate surface area is 149 Å². The molecule has 1 unspecified atom stereocenters. The Kier molecular flexibility index (Phi) is 6.83. The van der Waals surface area contributed by atoms with Crippen molar-refractivity contribution in [3.05, 3.63) is 53.6 Å². The normalized spacial score (nSPS) is 11.7. The lowest BCUT2D eigenvalue weighted by Gasteiger charge is -2.15. The van der Waals surface area contributed by atoms with Crippen LogP contribution in [0.2, 0.25) is 0 Å². The van der Waals surface area contributed by atoms with E-state index in [0.29, 0.717) is 23.7 Å². The van der Waals surface area contributed by atoms with Crippen LogP contribution in [-0.4, -0.2) is 33.7 Å². The van der Waals surface area contributed by atoms with Gasteiger partial charge < -0.3 is 19.7 Å². The molecule has 0 spiro atoms. The van der Waals surface area contributed by atoms with Crippen LogP contribution >= 0.6 is 0 Å². The van der Waals surface area contributed by atoms with Crippen molar-refractivity contribution in [1.29, 1.82) is 0 Å². The quantitative estimate of drug-likeness (QED) is 0.770. The first-order chi connectivity index (χ1) is 12.0. The number of hydrogen-bond donors (Lipinski definition) is 2. The molecule has 5 heteroatoms. The fraction of sp³-hybridized carbons (Fsp3) is 0.350. The molecular weight excluding hydrogens is 316 g/mol. The van der Waals surface area contributed by atoms with Crippen molar-refractivity contribution < 1.29 is 19.2 Å². The highest BCUT2D eigenvalue weighted by Crippen LogP contribution is 2.28. The van der Waals surface area contributed by atoms with Crippen LogP contribution in [0.25, 0.3) is 0 Å². The van der Waals surface area contributed by atoms with E-state index in [-0.39, 0.29) is 5.91 Å². The Morgan fingerprint density at radius 2 is 1.72 bits per heavy atom. The molecule has 0 radical (unpaired) electrons. The second kappa shape index (κ2) is 9.08. The number of aryl methyl sites for hydroxylation is 1. The maximum absolute atomic E-state index is 12.3. The Bertz CT molecular complexity index is 699. The minimum Gasteiger partial charge on any atom is -0.497 e. The summed E-state index contributed by atoms with van der Waals surface area (Å²) in [5.74, 6) is 1.22. The third kappa shape index (κ3) is 5.50. The van der Waals surface area contributed by atoms with Crippen LogP contribution < -0.4 is 19.7 Å². The van der Waals surface area contributed by atoms with Gasteiger partial charge >= 0.3 is 0 Å². The highest BCUT2D eigenvalue weighted by Gasteiger charge is 2.13. The number of benzene rings is 2. The van der Waals surface area contributed by atoms with Gasteiger partial charge in [-0.2, -0.15) is 0 Å². The van der Waals surface area contributed by atoms with E-state index < -0.39 is 0 Å². The molecule has 0 aliphatic carbocycles. The largest absolute Gasteiger partial charge is 0.497 e. The van der Waals surface area contributed by atoms with Gasteiger partial charge in [-0.25, -0.2) is 0 Å². The lowest BCUT2D eigenvalue weighted by Crippen LogP contribution is -3.08. The van der Waals surface area contributed by atoms with E-state index in [1.54, 1.807) is 32.4 Å². The van der Waals surface area contributed by atoms with Gasteiger partial charge in [0.2, 0.25) is 0 Å². The van der Waals surface area contributed by atoms with Crippen molar-refractivity contribution >= 4 is 11.6 Å². The molecule has 2 aromatic carbocycles. The highest BCUT2D eigenvalue weighted by molar-refractivity contribution is 5.93. The molecule has 0 aliphatic rings. The monoisotopic (exact) mass is 343 g/mol. The molecule has 0 aliphatic heterocycles. The molecule has 0 heterocycles. The number of rotatable bonds is 8. The van der Waals surface area contributed by atoms with Gasteiger partial charge in [0.15, 0.2) is 6.54 Å². The van der Waals surface area contributed by atoms with E-state index in [9.17, 15) is 4.79 Å². The van der Waals surface area contributed by atoms with Crippen molar-refractivity contribution in [3.63, 3.8) is 0 Å². The third-order valence-corrected chi connectivity index (χ3v) is 4.08. The maximum Gasteiger partial charge on any atom is 0.279 e. The molecule has 5 nitrogen and oxygen atoms in total. The van der Waals surface area contributed by atoms with Gasteiger partial charge in [0.1, 0.15) is 18.0 Å². The van der Waals surface area contributed by atoms with Gasteiger partial charge in [-0.15, -0.1) is 0 Å². The van der Waals surface area contributed by atoms with Gasteiger partial charge in [-0.05, 0) is 24.1 Å². The third-order valence-electron chi connectivity index (χ3n) is 4.08. The first kappa shape index (κ1) is 18.8. The standard InChI is InChI=1S/C20H26N2O3/c1-5-15-6-8-16(9-7-15)13-22(2)14-20(23)21-18-11-10-17(24-3)12-19(18)25-4/h6-12H,5,13-14H2,1-4H3,(H,21,23)/p+1. The maximum atomic E-state index is 12.3. The minimum atomic E-state index is -0.0499. The number of anilines is 1. The van der Waals surface area contributed by atoms with Crippen LogP contribution in [0.4, 0.5) is 5.69 Å². The number of ether oxygens (including phenoxy) is 2. The van der Waals surface area contributed by atoms with Crippen LogP contribution in [0.1, 0.15) is 18.1 Å². The van der Waals surface area contributed by atoms with Crippen molar-refractivity contribution in [1.82, 2.24) is 0 Å². The number of hydrogen-bond acceptors (Lipinski definition) is 3.